The molecule has 0 atom stereocenters. The average Bonchev–Trinajstić information content (AvgIpc) is 2.28. The summed E-state index contributed by atoms with van der Waals surface area (Å²) < 4.78 is 5.16. The van der Waals surface area contributed by atoms with E-state index in [-0.39, 0.29) is 5.91 Å². The molecule has 5 nitrogen and oxygen atoms in total. The number of hydroxylamine groups is 2. The Morgan fingerprint density at radius 1 is 1.53 bits per heavy atom. The average molecular weight is 210 g/mol. The maximum atomic E-state index is 11.6. The summed E-state index contributed by atoms with van der Waals surface area (Å²) in [4.78, 5) is 20.3. The van der Waals surface area contributed by atoms with Gasteiger partial charge in [-0.25, -0.2) is 10.0 Å². The van der Waals surface area contributed by atoms with Crippen LogP contribution in [0.4, 0.5) is 0 Å². The minimum Gasteiger partial charge on any atom is -0.478 e. The van der Waals surface area contributed by atoms with Gasteiger partial charge in [-0.1, -0.05) is 0 Å². The van der Waals surface area contributed by atoms with Gasteiger partial charge in [0.25, 0.3) is 5.91 Å². The quantitative estimate of drug-likeness (QED) is 0.699. The maximum absolute atomic E-state index is 11.6. The van der Waals surface area contributed by atoms with Crippen LogP contribution in [0, 0.1) is 0 Å². The lowest BCUT2D eigenvalue weighted by molar-refractivity contribution is -0.0757. The zero-order valence-corrected chi connectivity index (χ0v) is 9.06. The predicted molar refractivity (Wildman–Crippen MR) is 54.5 cm³/mol. The molecule has 0 N–H and O–H groups in total. The Morgan fingerprint density at radius 2 is 2.27 bits per heavy atom. The first-order chi connectivity index (χ1) is 7.19. The van der Waals surface area contributed by atoms with Crippen LogP contribution in [0.3, 0.4) is 0 Å². The van der Waals surface area contributed by atoms with E-state index in [0.717, 1.165) is 5.06 Å². The van der Waals surface area contributed by atoms with Crippen LogP contribution in [-0.4, -0.2) is 36.7 Å². The smallest absolute Gasteiger partial charge is 0.278 e. The topological polar surface area (TPSA) is 51.7 Å². The monoisotopic (exact) mass is 210 g/mol. The molecule has 0 fully saturated rings. The molecule has 5 heteroatoms. The van der Waals surface area contributed by atoms with Crippen molar-refractivity contribution >= 4 is 5.91 Å². The molecule has 0 aliphatic heterocycles. The summed E-state index contributed by atoms with van der Waals surface area (Å²) in [5.41, 5.74) is 0.461. The SMILES string of the molecule is CCOc1ccc(C(=O)N(C)OC)cn1. The number of carbonyl (C=O) groups is 1. The van der Waals surface area contributed by atoms with Gasteiger partial charge in [-0.15, -0.1) is 0 Å². The van der Waals surface area contributed by atoms with E-state index >= 15 is 0 Å². The molecule has 1 rings (SSSR count). The van der Waals surface area contributed by atoms with Crippen LogP contribution in [0.2, 0.25) is 0 Å². The summed E-state index contributed by atoms with van der Waals surface area (Å²) in [7, 11) is 2.97. The van der Waals surface area contributed by atoms with Gasteiger partial charge in [-0.05, 0) is 13.0 Å². The van der Waals surface area contributed by atoms with E-state index in [2.05, 4.69) is 4.98 Å². The normalized spacial score (nSPS) is 9.80. The van der Waals surface area contributed by atoms with Crippen molar-refractivity contribution in [2.75, 3.05) is 20.8 Å². The lowest BCUT2D eigenvalue weighted by Crippen LogP contribution is -2.25. The highest BCUT2D eigenvalue weighted by atomic mass is 16.7. The molecule has 0 saturated heterocycles. The summed E-state index contributed by atoms with van der Waals surface area (Å²) in [6, 6.07) is 3.30. The summed E-state index contributed by atoms with van der Waals surface area (Å²) in [5, 5.41) is 1.14. The van der Waals surface area contributed by atoms with Gasteiger partial charge >= 0.3 is 0 Å². The first-order valence-corrected chi connectivity index (χ1v) is 4.60. The predicted octanol–water partition coefficient (Wildman–Crippen LogP) is 1.11. The minimum atomic E-state index is -0.243. The molecule has 1 aromatic rings. The standard InChI is InChI=1S/C10H14N2O3/c1-4-15-9-6-5-8(7-11-9)10(13)12(2)14-3/h5-7H,4H2,1-3H3. The highest BCUT2D eigenvalue weighted by Crippen LogP contribution is 2.09. The molecule has 1 heterocycles. The molecule has 1 amide bonds. The van der Waals surface area contributed by atoms with Crippen LogP contribution < -0.4 is 4.74 Å². The van der Waals surface area contributed by atoms with E-state index in [1.54, 1.807) is 19.2 Å². The van der Waals surface area contributed by atoms with Crippen molar-refractivity contribution in [3.8, 4) is 5.88 Å². The number of carbonyl (C=O) groups excluding carboxylic acids is 1. The maximum Gasteiger partial charge on any atom is 0.278 e. The first kappa shape index (κ1) is 11.5. The molecule has 0 radical (unpaired) electrons. The number of nitrogens with zero attached hydrogens (tertiary/aromatic N) is 2. The molecule has 82 valence electrons. The lowest BCUT2D eigenvalue weighted by Gasteiger charge is -2.13. The summed E-state index contributed by atoms with van der Waals surface area (Å²) in [6.45, 7) is 2.43. The molecule has 0 bridgehead atoms. The molecule has 0 spiro atoms. The van der Waals surface area contributed by atoms with Gasteiger partial charge in [0.05, 0.1) is 19.3 Å². The van der Waals surface area contributed by atoms with Crippen molar-refractivity contribution in [3.05, 3.63) is 23.9 Å². The number of ether oxygens (including phenoxy) is 1. The Bertz CT molecular complexity index is 324. The number of hydrogen-bond acceptors (Lipinski definition) is 4. The second-order valence-corrected chi connectivity index (χ2v) is 2.80. The molecular weight excluding hydrogens is 196 g/mol. The fourth-order valence-electron chi connectivity index (χ4n) is 1.00. The molecular formula is C10H14N2O3. The molecule has 0 unspecified atom stereocenters. The Kier molecular flexibility index (Phi) is 4.05. The summed E-state index contributed by atoms with van der Waals surface area (Å²) in [6.07, 6.45) is 1.46. The highest BCUT2D eigenvalue weighted by Gasteiger charge is 2.11. The van der Waals surface area contributed by atoms with Crippen LogP contribution in [0.5, 0.6) is 5.88 Å². The van der Waals surface area contributed by atoms with E-state index in [1.165, 1.54) is 13.3 Å². The highest BCUT2D eigenvalue weighted by molar-refractivity contribution is 5.93. The number of pyridine rings is 1. The van der Waals surface area contributed by atoms with Gasteiger partial charge in [-0.2, -0.15) is 0 Å². The van der Waals surface area contributed by atoms with Gasteiger partial charge < -0.3 is 4.74 Å². The van der Waals surface area contributed by atoms with Gasteiger partial charge in [0.2, 0.25) is 5.88 Å². The van der Waals surface area contributed by atoms with Crippen LogP contribution in [-0.2, 0) is 4.84 Å². The van der Waals surface area contributed by atoms with E-state index < -0.39 is 0 Å². The third-order valence-corrected chi connectivity index (χ3v) is 1.84. The van der Waals surface area contributed by atoms with E-state index in [0.29, 0.717) is 18.1 Å². The Balaban J connectivity index is 2.75. The first-order valence-electron chi connectivity index (χ1n) is 4.60. The van der Waals surface area contributed by atoms with Crippen LogP contribution in [0.15, 0.2) is 18.3 Å². The van der Waals surface area contributed by atoms with Crippen molar-refractivity contribution in [2.45, 2.75) is 6.92 Å². The second kappa shape index (κ2) is 5.31. The molecule has 0 aliphatic rings. The van der Waals surface area contributed by atoms with Gasteiger partial charge in [0.1, 0.15) is 0 Å². The molecule has 0 saturated carbocycles. The minimum absolute atomic E-state index is 0.243. The molecule has 15 heavy (non-hydrogen) atoms. The van der Waals surface area contributed by atoms with Crippen LogP contribution in [0.1, 0.15) is 17.3 Å². The van der Waals surface area contributed by atoms with Crippen molar-refractivity contribution in [2.24, 2.45) is 0 Å². The van der Waals surface area contributed by atoms with Gasteiger partial charge in [0, 0.05) is 19.3 Å². The van der Waals surface area contributed by atoms with Crippen LogP contribution in [0.25, 0.3) is 0 Å². The zero-order chi connectivity index (χ0) is 11.3. The van der Waals surface area contributed by atoms with E-state index in [4.69, 9.17) is 9.57 Å². The fourth-order valence-corrected chi connectivity index (χ4v) is 1.00. The molecule has 0 aromatic carbocycles. The number of aromatic nitrogens is 1. The summed E-state index contributed by atoms with van der Waals surface area (Å²) >= 11 is 0. The van der Waals surface area contributed by atoms with Crippen LogP contribution >= 0.6 is 0 Å². The zero-order valence-electron chi connectivity index (χ0n) is 9.06. The Labute approximate surface area is 88.6 Å². The van der Waals surface area contributed by atoms with Crippen molar-refractivity contribution in [1.82, 2.24) is 10.0 Å². The fraction of sp³-hybridized carbons (Fsp3) is 0.400. The molecule has 0 aliphatic carbocycles. The Hall–Kier alpha value is -1.62. The van der Waals surface area contributed by atoms with E-state index in [9.17, 15) is 4.79 Å². The number of hydrogen-bond donors (Lipinski definition) is 0. The van der Waals surface area contributed by atoms with Crippen molar-refractivity contribution in [1.29, 1.82) is 0 Å². The van der Waals surface area contributed by atoms with Gasteiger partial charge in [0.15, 0.2) is 0 Å². The number of amides is 1. The lowest BCUT2D eigenvalue weighted by atomic mass is 10.3. The Morgan fingerprint density at radius 3 is 2.73 bits per heavy atom. The number of rotatable bonds is 4. The third-order valence-electron chi connectivity index (χ3n) is 1.84. The van der Waals surface area contributed by atoms with Crippen molar-refractivity contribution in [3.63, 3.8) is 0 Å². The van der Waals surface area contributed by atoms with E-state index in [1.807, 2.05) is 6.92 Å². The largest absolute Gasteiger partial charge is 0.478 e. The second-order valence-electron chi connectivity index (χ2n) is 2.80. The van der Waals surface area contributed by atoms with Crippen molar-refractivity contribution < 1.29 is 14.4 Å². The molecule has 1 aromatic heterocycles. The van der Waals surface area contributed by atoms with Gasteiger partial charge in [-0.3, -0.25) is 9.63 Å². The summed E-state index contributed by atoms with van der Waals surface area (Å²) in [5.74, 6) is 0.266. The third kappa shape index (κ3) is 2.92.